The molecule has 4 aromatic rings. The molecule has 1 aliphatic heterocycles. The zero-order valence-corrected chi connectivity index (χ0v) is 26.6. The van der Waals surface area contributed by atoms with E-state index in [1.54, 1.807) is 38.1 Å². The number of carbonyl (C=O) groups is 1. The van der Waals surface area contributed by atoms with Crippen molar-refractivity contribution in [3.8, 4) is 22.7 Å². The van der Waals surface area contributed by atoms with Crippen LogP contribution in [0.25, 0.3) is 28.0 Å². The first-order valence-electron chi connectivity index (χ1n) is 14.8. The van der Waals surface area contributed by atoms with E-state index in [1.165, 1.54) is 21.6 Å². The molecule has 3 aromatic heterocycles. The summed E-state index contributed by atoms with van der Waals surface area (Å²) in [6, 6.07) is 5.80. The molecule has 0 unspecified atom stereocenters. The Morgan fingerprint density at radius 3 is 2.41 bits per heavy atom. The lowest BCUT2D eigenvalue weighted by atomic mass is 10.1. The predicted molar refractivity (Wildman–Crippen MR) is 169 cm³/mol. The Morgan fingerprint density at radius 1 is 1.09 bits per heavy atom. The summed E-state index contributed by atoms with van der Waals surface area (Å²) < 4.78 is 58.9. The summed E-state index contributed by atoms with van der Waals surface area (Å²) in [5, 5.41) is 10.6. The highest BCUT2D eigenvalue weighted by molar-refractivity contribution is 7.69. The lowest BCUT2D eigenvalue weighted by Crippen LogP contribution is -2.54. The van der Waals surface area contributed by atoms with E-state index >= 15 is 8.78 Å². The first kappa shape index (κ1) is 31.5. The number of aromatic nitrogens is 4. The molecule has 1 saturated heterocycles. The second-order valence-corrected chi connectivity index (χ2v) is 15.4. The molecule has 1 aromatic carbocycles. The molecule has 4 heterocycles. The van der Waals surface area contributed by atoms with Gasteiger partial charge in [0.25, 0.3) is 5.91 Å². The van der Waals surface area contributed by atoms with Crippen LogP contribution in [-0.2, 0) is 9.36 Å². The zero-order valence-electron chi connectivity index (χ0n) is 25.7. The summed E-state index contributed by atoms with van der Waals surface area (Å²) in [4.78, 5) is 43.0. The molecule has 0 radical (unpaired) electrons. The van der Waals surface area contributed by atoms with Gasteiger partial charge in [-0.15, -0.1) is 0 Å². The van der Waals surface area contributed by atoms with E-state index in [0.29, 0.717) is 22.4 Å². The van der Waals surface area contributed by atoms with Gasteiger partial charge in [-0.2, -0.15) is 4.98 Å². The number of nitrogens with zero attached hydrogens (tertiary/aromatic N) is 6. The van der Waals surface area contributed by atoms with Gasteiger partial charge in [0.1, 0.15) is 35.7 Å². The van der Waals surface area contributed by atoms with Crippen molar-refractivity contribution < 1.29 is 27.6 Å². The molecule has 2 aliphatic rings. The minimum Gasteiger partial charge on any atom is -0.507 e. The van der Waals surface area contributed by atoms with Crippen molar-refractivity contribution in [3.05, 3.63) is 76.1 Å². The van der Waals surface area contributed by atoms with E-state index in [4.69, 9.17) is 4.98 Å². The van der Waals surface area contributed by atoms with Gasteiger partial charge in [-0.25, -0.2) is 32.5 Å². The minimum absolute atomic E-state index is 0.0201. The van der Waals surface area contributed by atoms with Crippen molar-refractivity contribution >= 4 is 35.3 Å². The number of anilines is 1. The van der Waals surface area contributed by atoms with Crippen molar-refractivity contribution in [1.82, 2.24) is 24.4 Å². The Bertz CT molecular complexity index is 2040. The molecule has 0 spiro atoms. The molecule has 1 aliphatic carbocycles. The number of phenolic OH excluding ortho intramolecular Hbond substituents is 1. The van der Waals surface area contributed by atoms with Crippen LogP contribution < -0.4 is 16.0 Å². The number of rotatable bonds is 6. The smallest absolute Gasteiger partial charge is 0.355 e. The quantitative estimate of drug-likeness (QED) is 0.234. The number of amides is 1. The molecule has 1 amide bonds. The maximum atomic E-state index is 16.0. The fraction of sp³-hybridized carbons (Fsp3) is 0.344. The number of fused-ring (bicyclic) bond motifs is 1. The van der Waals surface area contributed by atoms with Crippen molar-refractivity contribution in [2.75, 3.05) is 37.9 Å². The van der Waals surface area contributed by atoms with Crippen LogP contribution in [0.1, 0.15) is 36.9 Å². The van der Waals surface area contributed by atoms with Crippen LogP contribution in [-0.4, -0.2) is 74.4 Å². The summed E-state index contributed by atoms with van der Waals surface area (Å²) in [5.41, 5.74) is 0.0491. The van der Waals surface area contributed by atoms with Crippen LogP contribution in [0.15, 0.2) is 47.5 Å². The molecule has 1 atom stereocenters. The van der Waals surface area contributed by atoms with Crippen LogP contribution in [0.5, 0.6) is 5.75 Å². The molecule has 240 valence electrons. The molecule has 6 rings (SSSR count). The van der Waals surface area contributed by atoms with Crippen LogP contribution in [0.2, 0.25) is 0 Å². The number of pyridine rings is 2. The van der Waals surface area contributed by atoms with Gasteiger partial charge < -0.3 is 19.5 Å². The molecule has 14 heteroatoms. The van der Waals surface area contributed by atoms with E-state index in [0.717, 1.165) is 25.0 Å². The van der Waals surface area contributed by atoms with Crippen LogP contribution in [0.4, 0.5) is 19.0 Å². The Hall–Kier alpha value is -4.51. The highest BCUT2D eigenvalue weighted by atomic mass is 31.2. The Morgan fingerprint density at radius 2 is 1.80 bits per heavy atom. The average Bonchev–Trinajstić information content (AvgIpc) is 3.82. The molecular formula is C32H32F3N6O4P. The number of hydrogen-bond acceptors (Lipinski definition) is 8. The Balaban J connectivity index is 1.64. The SMILES string of the molecule is C=C(F)C(=O)N1CCN(c2nc(=O)n(-c3c(C)cc(P(C)(C)=O)nc3C3CC3)c3nc(-c4c(O)cccc4F)c(F)cc23)[C@@H](C)C1. The standard InChI is InChI=1S/C32H32F3N6O4P/c1-16-13-24(46(4,5)45)36-26(19-9-10-19)28(16)41-30-20(14-22(35)27(37-30)25-21(34)7-6-8-23(25)42)29(38-32(41)44)40-12-11-39(15-17(40)2)31(43)18(3)33/h6-8,13-14,17,19,42H,3,9-12,15H2,1-2,4-5H3/t17-/m0/s1. The van der Waals surface area contributed by atoms with E-state index < -0.39 is 59.2 Å². The summed E-state index contributed by atoms with van der Waals surface area (Å²) >= 11 is 0. The Kier molecular flexibility index (Phi) is 7.79. The molecule has 46 heavy (non-hydrogen) atoms. The van der Waals surface area contributed by atoms with E-state index in [-0.39, 0.29) is 42.4 Å². The molecule has 0 bridgehead atoms. The van der Waals surface area contributed by atoms with Gasteiger partial charge in [0.15, 0.2) is 17.3 Å². The number of halogens is 3. The van der Waals surface area contributed by atoms with Crippen molar-refractivity contribution in [2.45, 2.75) is 38.6 Å². The number of benzene rings is 1. The summed E-state index contributed by atoms with van der Waals surface area (Å²) in [7, 11) is -2.78. The summed E-state index contributed by atoms with van der Waals surface area (Å²) in [6.07, 6.45) is 1.59. The molecule has 10 nitrogen and oxygen atoms in total. The molecular weight excluding hydrogens is 620 g/mol. The van der Waals surface area contributed by atoms with Crippen molar-refractivity contribution in [1.29, 1.82) is 0 Å². The van der Waals surface area contributed by atoms with E-state index in [1.807, 2.05) is 0 Å². The summed E-state index contributed by atoms with van der Waals surface area (Å²) in [5.74, 6) is -4.31. The number of carbonyl (C=O) groups excluding carboxylic acids is 1. The number of phenols is 1. The second-order valence-electron chi connectivity index (χ2n) is 12.2. The fourth-order valence-electron chi connectivity index (χ4n) is 5.96. The molecule has 1 N–H and O–H groups in total. The number of aryl methyl sites for hydroxylation is 1. The normalized spacial score (nSPS) is 17.1. The largest absolute Gasteiger partial charge is 0.507 e. The number of aromatic hydroxyl groups is 1. The first-order valence-corrected chi connectivity index (χ1v) is 17.4. The van der Waals surface area contributed by atoms with Crippen LogP contribution in [0.3, 0.4) is 0 Å². The maximum Gasteiger partial charge on any atom is 0.355 e. The molecule has 1 saturated carbocycles. The lowest BCUT2D eigenvalue weighted by Gasteiger charge is -2.40. The maximum absolute atomic E-state index is 16.0. The monoisotopic (exact) mass is 652 g/mol. The van der Waals surface area contributed by atoms with Gasteiger partial charge in [-0.1, -0.05) is 12.6 Å². The topological polar surface area (TPSA) is 122 Å². The van der Waals surface area contributed by atoms with Crippen LogP contribution in [0, 0.1) is 18.6 Å². The van der Waals surface area contributed by atoms with Gasteiger partial charge >= 0.3 is 5.69 Å². The van der Waals surface area contributed by atoms with Gasteiger partial charge in [-0.3, -0.25) is 4.79 Å². The van der Waals surface area contributed by atoms with Crippen molar-refractivity contribution in [2.24, 2.45) is 0 Å². The van der Waals surface area contributed by atoms with Crippen LogP contribution >= 0.6 is 7.14 Å². The van der Waals surface area contributed by atoms with E-state index in [2.05, 4.69) is 16.5 Å². The molecule has 2 fully saturated rings. The zero-order chi connectivity index (χ0) is 33.2. The highest BCUT2D eigenvalue weighted by Crippen LogP contribution is 2.45. The highest BCUT2D eigenvalue weighted by Gasteiger charge is 2.35. The number of piperazine rings is 1. The number of hydrogen-bond donors (Lipinski definition) is 1. The Labute approximate surface area is 262 Å². The van der Waals surface area contributed by atoms with E-state index in [9.17, 15) is 23.7 Å². The predicted octanol–water partition coefficient (Wildman–Crippen LogP) is 4.78. The van der Waals surface area contributed by atoms with Crippen molar-refractivity contribution in [3.63, 3.8) is 0 Å². The fourth-order valence-corrected chi connectivity index (χ4v) is 6.81. The lowest BCUT2D eigenvalue weighted by molar-refractivity contribution is -0.129. The third-order valence-corrected chi connectivity index (χ3v) is 9.72. The van der Waals surface area contributed by atoms with Gasteiger partial charge in [0.05, 0.1) is 22.3 Å². The minimum atomic E-state index is -2.78. The first-order chi connectivity index (χ1) is 21.7. The third kappa shape index (κ3) is 5.46. The van der Waals surface area contributed by atoms with Gasteiger partial charge in [-0.05, 0) is 69.8 Å². The third-order valence-electron chi connectivity index (χ3n) is 8.38. The van der Waals surface area contributed by atoms with Gasteiger partial charge in [0.2, 0.25) is 0 Å². The van der Waals surface area contributed by atoms with Gasteiger partial charge in [0, 0.05) is 31.6 Å². The summed E-state index contributed by atoms with van der Waals surface area (Å²) in [6.45, 7) is 10.1. The average molecular weight is 653 g/mol. The second kappa shape index (κ2) is 11.4.